The van der Waals surface area contributed by atoms with Crippen LogP contribution in [0.5, 0.6) is 5.75 Å². The fraction of sp³-hybridized carbons (Fsp3) is 0.333. The molecule has 0 bridgehead atoms. The standard InChI is InChI=1S/C9H10I2O/c10-5-6-12-9-4-2-1-3-8(9)7-11/h1-4H,5-7H2. The van der Waals surface area contributed by atoms with E-state index in [-0.39, 0.29) is 0 Å². The van der Waals surface area contributed by atoms with Gasteiger partial charge in [-0.25, -0.2) is 0 Å². The fourth-order valence-corrected chi connectivity index (χ4v) is 1.75. The first kappa shape index (κ1) is 10.6. The molecule has 3 heteroatoms. The van der Waals surface area contributed by atoms with Crippen molar-refractivity contribution in [2.24, 2.45) is 0 Å². The summed E-state index contributed by atoms with van der Waals surface area (Å²) in [5.41, 5.74) is 1.28. The van der Waals surface area contributed by atoms with Crippen LogP contribution in [0, 0.1) is 0 Å². The van der Waals surface area contributed by atoms with Gasteiger partial charge in [0.15, 0.2) is 0 Å². The van der Waals surface area contributed by atoms with Gasteiger partial charge in [-0.15, -0.1) is 0 Å². The second kappa shape index (κ2) is 6.01. The summed E-state index contributed by atoms with van der Waals surface area (Å²) in [5, 5.41) is 0. The van der Waals surface area contributed by atoms with E-state index >= 15 is 0 Å². The van der Waals surface area contributed by atoms with Crippen molar-refractivity contribution in [3.63, 3.8) is 0 Å². The molecule has 0 heterocycles. The number of para-hydroxylation sites is 1. The Hall–Kier alpha value is 0.480. The molecule has 1 rings (SSSR count). The summed E-state index contributed by atoms with van der Waals surface area (Å²) in [5.74, 6) is 1.03. The van der Waals surface area contributed by atoms with Crippen molar-refractivity contribution in [3.05, 3.63) is 29.8 Å². The van der Waals surface area contributed by atoms with Crippen LogP contribution in [-0.4, -0.2) is 11.0 Å². The predicted molar refractivity (Wildman–Crippen MR) is 68.5 cm³/mol. The van der Waals surface area contributed by atoms with Crippen LogP contribution in [-0.2, 0) is 4.43 Å². The van der Waals surface area contributed by atoms with Crippen molar-refractivity contribution in [2.75, 3.05) is 11.0 Å². The highest BCUT2D eigenvalue weighted by molar-refractivity contribution is 14.1. The van der Waals surface area contributed by atoms with Crippen LogP contribution in [0.3, 0.4) is 0 Å². The number of alkyl halides is 2. The van der Waals surface area contributed by atoms with Crippen LogP contribution in [0.4, 0.5) is 0 Å². The third kappa shape index (κ3) is 3.08. The Labute approximate surface area is 100 Å². The van der Waals surface area contributed by atoms with E-state index in [9.17, 15) is 0 Å². The zero-order valence-electron chi connectivity index (χ0n) is 6.59. The van der Waals surface area contributed by atoms with Gasteiger partial charge >= 0.3 is 0 Å². The Morgan fingerprint density at radius 3 is 2.58 bits per heavy atom. The monoisotopic (exact) mass is 388 g/mol. The normalized spacial score (nSPS) is 9.83. The van der Waals surface area contributed by atoms with Gasteiger partial charge in [0.1, 0.15) is 5.75 Å². The summed E-state index contributed by atoms with van der Waals surface area (Å²) in [6.07, 6.45) is 0. The SMILES string of the molecule is ICCOc1ccccc1CI. The van der Waals surface area contributed by atoms with Crippen LogP contribution >= 0.6 is 45.2 Å². The molecular weight excluding hydrogens is 378 g/mol. The number of halogens is 2. The maximum atomic E-state index is 5.56. The fourth-order valence-electron chi connectivity index (χ4n) is 0.904. The summed E-state index contributed by atoms with van der Waals surface area (Å²) >= 11 is 4.66. The predicted octanol–water partition coefficient (Wildman–Crippen LogP) is 3.44. The second-order valence-corrected chi connectivity index (χ2v) is 4.12. The number of ether oxygens (including phenoxy) is 1. The Balaban J connectivity index is 2.68. The lowest BCUT2D eigenvalue weighted by Gasteiger charge is -2.07. The molecule has 0 N–H and O–H groups in total. The quantitative estimate of drug-likeness (QED) is 0.568. The first-order valence-electron chi connectivity index (χ1n) is 3.71. The second-order valence-electron chi connectivity index (χ2n) is 2.28. The molecule has 66 valence electrons. The maximum Gasteiger partial charge on any atom is 0.123 e. The summed E-state index contributed by atoms with van der Waals surface area (Å²) in [4.78, 5) is 0. The summed E-state index contributed by atoms with van der Waals surface area (Å²) < 4.78 is 7.61. The topological polar surface area (TPSA) is 9.23 Å². The number of hydrogen-bond donors (Lipinski definition) is 0. The highest BCUT2D eigenvalue weighted by Crippen LogP contribution is 2.20. The summed E-state index contributed by atoms with van der Waals surface area (Å²) in [6.45, 7) is 0.800. The molecule has 0 aliphatic rings. The van der Waals surface area contributed by atoms with Crippen molar-refractivity contribution < 1.29 is 4.74 Å². The Kier molecular flexibility index (Phi) is 5.29. The minimum atomic E-state index is 0.800. The average Bonchev–Trinajstić information content (AvgIpc) is 2.15. The van der Waals surface area contributed by atoms with E-state index in [4.69, 9.17) is 4.74 Å². The lowest BCUT2D eigenvalue weighted by molar-refractivity contribution is 0.344. The number of rotatable bonds is 4. The van der Waals surface area contributed by atoms with Gasteiger partial charge in [0, 0.05) is 14.4 Å². The van der Waals surface area contributed by atoms with E-state index in [1.165, 1.54) is 5.56 Å². The average molecular weight is 388 g/mol. The number of hydrogen-bond acceptors (Lipinski definition) is 1. The molecule has 0 saturated carbocycles. The molecule has 0 spiro atoms. The lowest BCUT2D eigenvalue weighted by Crippen LogP contribution is -1.99. The van der Waals surface area contributed by atoms with E-state index in [1.54, 1.807) is 0 Å². The summed E-state index contributed by atoms with van der Waals surface area (Å²) in [6, 6.07) is 8.19. The molecule has 0 aliphatic carbocycles. The van der Waals surface area contributed by atoms with Crippen molar-refractivity contribution >= 4 is 45.2 Å². The third-order valence-electron chi connectivity index (χ3n) is 1.45. The molecule has 1 aromatic carbocycles. The Morgan fingerprint density at radius 1 is 1.17 bits per heavy atom. The van der Waals surface area contributed by atoms with Crippen molar-refractivity contribution in [1.29, 1.82) is 0 Å². The van der Waals surface area contributed by atoms with Crippen molar-refractivity contribution in [2.45, 2.75) is 4.43 Å². The Morgan fingerprint density at radius 2 is 1.92 bits per heavy atom. The smallest absolute Gasteiger partial charge is 0.123 e. The van der Waals surface area contributed by atoms with Gasteiger partial charge in [-0.2, -0.15) is 0 Å². The molecule has 1 aromatic rings. The molecule has 0 amide bonds. The molecule has 0 radical (unpaired) electrons. The molecular formula is C9H10I2O. The largest absolute Gasteiger partial charge is 0.492 e. The number of benzene rings is 1. The van der Waals surface area contributed by atoms with Crippen LogP contribution in [0.25, 0.3) is 0 Å². The lowest BCUT2D eigenvalue weighted by atomic mass is 10.2. The van der Waals surface area contributed by atoms with E-state index < -0.39 is 0 Å². The van der Waals surface area contributed by atoms with Crippen LogP contribution in [0.2, 0.25) is 0 Å². The van der Waals surface area contributed by atoms with E-state index in [0.717, 1.165) is 21.2 Å². The molecule has 0 atom stereocenters. The van der Waals surface area contributed by atoms with Gasteiger partial charge in [0.25, 0.3) is 0 Å². The van der Waals surface area contributed by atoms with E-state index in [1.807, 2.05) is 18.2 Å². The first-order valence-corrected chi connectivity index (χ1v) is 6.76. The third-order valence-corrected chi connectivity index (χ3v) is 2.71. The first-order chi connectivity index (χ1) is 5.88. The van der Waals surface area contributed by atoms with Gasteiger partial charge in [0.2, 0.25) is 0 Å². The van der Waals surface area contributed by atoms with Crippen molar-refractivity contribution in [3.8, 4) is 5.75 Å². The van der Waals surface area contributed by atoms with E-state index in [0.29, 0.717) is 0 Å². The van der Waals surface area contributed by atoms with Gasteiger partial charge in [-0.05, 0) is 6.07 Å². The molecule has 0 aromatic heterocycles. The van der Waals surface area contributed by atoms with Crippen LogP contribution in [0.15, 0.2) is 24.3 Å². The van der Waals surface area contributed by atoms with Gasteiger partial charge < -0.3 is 4.74 Å². The molecule has 0 unspecified atom stereocenters. The maximum absolute atomic E-state index is 5.56. The molecule has 0 saturated heterocycles. The molecule has 12 heavy (non-hydrogen) atoms. The van der Waals surface area contributed by atoms with Gasteiger partial charge in [-0.1, -0.05) is 63.4 Å². The van der Waals surface area contributed by atoms with Crippen LogP contribution < -0.4 is 4.74 Å². The van der Waals surface area contributed by atoms with Gasteiger partial charge in [-0.3, -0.25) is 0 Å². The molecule has 0 aliphatic heterocycles. The van der Waals surface area contributed by atoms with Crippen molar-refractivity contribution in [1.82, 2.24) is 0 Å². The summed E-state index contributed by atoms with van der Waals surface area (Å²) in [7, 11) is 0. The zero-order chi connectivity index (χ0) is 8.81. The minimum Gasteiger partial charge on any atom is -0.492 e. The molecule has 1 nitrogen and oxygen atoms in total. The Bertz CT molecular complexity index is 238. The molecule has 0 fully saturated rings. The van der Waals surface area contributed by atoms with Crippen LogP contribution in [0.1, 0.15) is 5.56 Å². The van der Waals surface area contributed by atoms with E-state index in [2.05, 4.69) is 51.2 Å². The minimum absolute atomic E-state index is 0.800. The zero-order valence-corrected chi connectivity index (χ0v) is 10.9. The highest BCUT2D eigenvalue weighted by atomic mass is 127. The van der Waals surface area contributed by atoms with Gasteiger partial charge in [0.05, 0.1) is 6.61 Å². The highest BCUT2D eigenvalue weighted by Gasteiger charge is 1.99.